The molecule has 12 heteroatoms. The van der Waals surface area contributed by atoms with Crippen molar-refractivity contribution in [3.8, 4) is 5.75 Å². The van der Waals surface area contributed by atoms with Gasteiger partial charge in [-0.15, -0.1) is 0 Å². The lowest BCUT2D eigenvalue weighted by Crippen LogP contribution is -2.48. The molecule has 0 aliphatic carbocycles. The second-order valence-corrected chi connectivity index (χ2v) is 14.5. The van der Waals surface area contributed by atoms with Crippen LogP contribution in [0.5, 0.6) is 5.75 Å². The molecule has 2 rings (SSSR count). The van der Waals surface area contributed by atoms with Crippen LogP contribution < -0.4 is 20.7 Å². The van der Waals surface area contributed by atoms with E-state index in [1.165, 1.54) is 12.1 Å². The Kier molecular flexibility index (Phi) is 17.3. The number of methoxy groups -OCH3 is 1. The number of aliphatic hydroxyl groups excluding tert-OH is 1. The van der Waals surface area contributed by atoms with Gasteiger partial charge in [-0.25, -0.2) is 9.18 Å². The molecule has 0 radical (unpaired) electrons. The molecule has 0 saturated carbocycles. The quantitative estimate of drug-likeness (QED) is 0.114. The van der Waals surface area contributed by atoms with E-state index in [4.69, 9.17) is 25.8 Å². The number of carbonyl (C=O) groups excluding carboxylic acids is 3. The van der Waals surface area contributed by atoms with Crippen LogP contribution in [0.15, 0.2) is 42.5 Å². The minimum Gasteiger partial charge on any atom is -0.491 e. The number of hydrogen-bond donors (Lipinski definition) is 4. The third-order valence-electron chi connectivity index (χ3n) is 8.10. The summed E-state index contributed by atoms with van der Waals surface area (Å²) < 4.78 is 29.8. The van der Waals surface area contributed by atoms with Gasteiger partial charge in [0.1, 0.15) is 17.2 Å². The van der Waals surface area contributed by atoms with Crippen LogP contribution in [0.3, 0.4) is 0 Å². The Labute approximate surface area is 295 Å². The van der Waals surface area contributed by atoms with Crippen molar-refractivity contribution in [1.29, 1.82) is 0 Å². The fraction of sp³-hybridized carbons (Fsp3) is 0.595. The van der Waals surface area contributed by atoms with Gasteiger partial charge in [-0.3, -0.25) is 9.59 Å². The number of rotatable bonds is 19. The van der Waals surface area contributed by atoms with Crippen LogP contribution >= 0.6 is 11.6 Å². The molecule has 0 unspecified atom stereocenters. The standard InChI is InChI=1S/C37H55ClFN3O7/c1-23(2)26(19-34(44)41-31-20-27(38)12-15-33(31)48-17-9-16-47-8)18-30(42-36(46)49-37(5,6)7)32(43)21-29(24(3)4)35(45)40-22-25-10-13-28(39)14-11-25/h10-15,20,23-24,26,29-30,32,43H,9,16-19,21-22H2,1-8H3,(H,40,45)(H,41,44)(H,42,46)/t26-,29+,30+,32+/m1/s1. The molecule has 0 heterocycles. The van der Waals surface area contributed by atoms with E-state index in [0.717, 1.165) is 5.56 Å². The highest BCUT2D eigenvalue weighted by Crippen LogP contribution is 2.31. The highest BCUT2D eigenvalue weighted by molar-refractivity contribution is 6.31. The fourth-order valence-corrected chi connectivity index (χ4v) is 5.44. The van der Waals surface area contributed by atoms with Gasteiger partial charge in [0.25, 0.3) is 0 Å². The Morgan fingerprint density at radius 3 is 2.22 bits per heavy atom. The van der Waals surface area contributed by atoms with E-state index in [0.29, 0.717) is 36.1 Å². The SMILES string of the molecule is COCCCOc1ccc(Cl)cc1NC(=O)C[C@@H](C[C@H](NC(=O)OC(C)(C)C)[C@@H](O)C[C@H](C(=O)NCc1ccc(F)cc1)C(C)C)C(C)C. The first-order valence-electron chi connectivity index (χ1n) is 16.9. The average molecular weight is 708 g/mol. The predicted molar refractivity (Wildman–Crippen MR) is 190 cm³/mol. The smallest absolute Gasteiger partial charge is 0.407 e. The molecule has 0 saturated heterocycles. The van der Waals surface area contributed by atoms with Crippen LogP contribution in [0.1, 0.15) is 79.7 Å². The van der Waals surface area contributed by atoms with Crippen LogP contribution in [0.25, 0.3) is 0 Å². The normalized spacial score (nSPS) is 14.1. The van der Waals surface area contributed by atoms with Gasteiger partial charge in [-0.05, 0) is 87.3 Å². The van der Waals surface area contributed by atoms with Crippen LogP contribution in [0.2, 0.25) is 5.02 Å². The second kappa shape index (κ2) is 20.3. The summed E-state index contributed by atoms with van der Waals surface area (Å²) in [6.07, 6.45) is -0.803. The number of aliphatic hydroxyl groups is 1. The van der Waals surface area contributed by atoms with Crippen LogP contribution in [-0.2, 0) is 25.6 Å². The minimum atomic E-state index is -1.14. The maximum Gasteiger partial charge on any atom is 0.407 e. The van der Waals surface area contributed by atoms with E-state index in [-0.39, 0.29) is 61.2 Å². The first kappa shape index (κ1) is 41.8. The largest absolute Gasteiger partial charge is 0.491 e. The van der Waals surface area contributed by atoms with Gasteiger partial charge in [0.15, 0.2) is 0 Å². The molecule has 0 spiro atoms. The summed E-state index contributed by atoms with van der Waals surface area (Å²) in [7, 11) is 1.61. The minimum absolute atomic E-state index is 0.00934. The molecule has 0 aromatic heterocycles. The lowest BCUT2D eigenvalue weighted by atomic mass is 9.81. The first-order chi connectivity index (χ1) is 23.0. The van der Waals surface area contributed by atoms with Crippen molar-refractivity contribution in [2.24, 2.45) is 23.7 Å². The van der Waals surface area contributed by atoms with E-state index >= 15 is 0 Å². The second-order valence-electron chi connectivity index (χ2n) is 14.1. The molecule has 3 amide bonds. The monoisotopic (exact) mass is 707 g/mol. The summed E-state index contributed by atoms with van der Waals surface area (Å²) in [6.45, 7) is 14.1. The molecule has 274 valence electrons. The van der Waals surface area contributed by atoms with Crippen molar-refractivity contribution in [2.75, 3.05) is 25.6 Å². The summed E-state index contributed by atoms with van der Waals surface area (Å²) in [4.78, 5) is 39.7. The van der Waals surface area contributed by atoms with Gasteiger partial charge < -0.3 is 35.3 Å². The Morgan fingerprint density at radius 2 is 1.63 bits per heavy atom. The lowest BCUT2D eigenvalue weighted by molar-refractivity contribution is -0.127. The maximum atomic E-state index is 13.4. The van der Waals surface area contributed by atoms with E-state index in [9.17, 15) is 23.9 Å². The van der Waals surface area contributed by atoms with Crippen molar-refractivity contribution in [3.63, 3.8) is 0 Å². The van der Waals surface area contributed by atoms with E-state index < -0.39 is 29.8 Å². The van der Waals surface area contributed by atoms with E-state index in [1.807, 2.05) is 27.7 Å². The summed E-state index contributed by atoms with van der Waals surface area (Å²) >= 11 is 6.23. The maximum absolute atomic E-state index is 13.4. The number of hydrogen-bond acceptors (Lipinski definition) is 7. The lowest BCUT2D eigenvalue weighted by Gasteiger charge is -2.33. The Morgan fingerprint density at radius 1 is 0.959 bits per heavy atom. The highest BCUT2D eigenvalue weighted by atomic mass is 35.5. The van der Waals surface area contributed by atoms with Crippen molar-refractivity contribution in [2.45, 2.75) is 98.4 Å². The zero-order chi connectivity index (χ0) is 36.7. The van der Waals surface area contributed by atoms with E-state index in [2.05, 4.69) is 16.0 Å². The number of amides is 3. The zero-order valence-electron chi connectivity index (χ0n) is 30.1. The first-order valence-corrected chi connectivity index (χ1v) is 17.3. The number of alkyl carbamates (subject to hydrolysis) is 1. The molecule has 4 N–H and O–H groups in total. The van der Waals surface area contributed by atoms with Crippen molar-refractivity contribution in [3.05, 3.63) is 58.9 Å². The van der Waals surface area contributed by atoms with Crippen molar-refractivity contribution < 1.29 is 38.1 Å². The zero-order valence-corrected chi connectivity index (χ0v) is 30.9. The Hall–Kier alpha value is -3.41. The third-order valence-corrected chi connectivity index (χ3v) is 8.33. The predicted octanol–water partition coefficient (Wildman–Crippen LogP) is 7.12. The molecule has 0 bridgehead atoms. The molecular formula is C37H55ClFN3O7. The molecule has 0 fully saturated rings. The van der Waals surface area contributed by atoms with Crippen LogP contribution in [-0.4, -0.2) is 61.1 Å². The number of nitrogens with one attached hydrogen (secondary N) is 3. The third kappa shape index (κ3) is 15.8. The Bertz CT molecular complexity index is 1330. The topological polar surface area (TPSA) is 135 Å². The molecule has 2 aromatic rings. The van der Waals surface area contributed by atoms with Crippen LogP contribution in [0, 0.1) is 29.5 Å². The molecule has 0 aliphatic rings. The fourth-order valence-electron chi connectivity index (χ4n) is 5.27. The summed E-state index contributed by atoms with van der Waals surface area (Å²) in [5, 5.41) is 20.7. The van der Waals surface area contributed by atoms with Gasteiger partial charge in [-0.2, -0.15) is 0 Å². The summed E-state index contributed by atoms with van der Waals surface area (Å²) in [5.74, 6) is -1.45. The van der Waals surface area contributed by atoms with Crippen LogP contribution in [0.4, 0.5) is 14.9 Å². The number of anilines is 1. The molecular weight excluding hydrogens is 653 g/mol. The van der Waals surface area contributed by atoms with Gasteiger partial charge in [-0.1, -0.05) is 51.4 Å². The Balaban J connectivity index is 2.22. The highest BCUT2D eigenvalue weighted by Gasteiger charge is 2.34. The molecule has 10 nitrogen and oxygen atoms in total. The van der Waals surface area contributed by atoms with Gasteiger partial charge in [0, 0.05) is 44.0 Å². The van der Waals surface area contributed by atoms with Gasteiger partial charge in [0.2, 0.25) is 11.8 Å². The average Bonchev–Trinajstić information content (AvgIpc) is 3.00. The number of carbonyl (C=O) groups is 3. The van der Waals surface area contributed by atoms with Crippen molar-refractivity contribution >= 4 is 35.2 Å². The molecule has 4 atom stereocenters. The summed E-state index contributed by atoms with van der Waals surface area (Å²) in [5.41, 5.74) is 0.396. The van der Waals surface area contributed by atoms with Crippen molar-refractivity contribution in [1.82, 2.24) is 10.6 Å². The molecule has 2 aromatic carbocycles. The molecule has 49 heavy (non-hydrogen) atoms. The van der Waals surface area contributed by atoms with Gasteiger partial charge >= 0.3 is 6.09 Å². The summed E-state index contributed by atoms with van der Waals surface area (Å²) in [6, 6.07) is 10.0. The molecule has 0 aliphatic heterocycles. The number of halogens is 2. The number of benzene rings is 2. The van der Waals surface area contributed by atoms with Gasteiger partial charge in [0.05, 0.1) is 24.4 Å². The van der Waals surface area contributed by atoms with E-state index in [1.54, 1.807) is 58.2 Å². The number of ether oxygens (including phenoxy) is 3.